The molecule has 6 nitrogen and oxygen atoms in total. The van der Waals surface area contributed by atoms with Gasteiger partial charge in [-0.25, -0.2) is 0 Å². The molecule has 1 N–H and O–H groups in total. The molecule has 0 aliphatic rings. The maximum absolute atomic E-state index is 13.0. The molecule has 3 heterocycles. The van der Waals surface area contributed by atoms with Gasteiger partial charge in [-0.15, -0.1) is 11.3 Å². The summed E-state index contributed by atoms with van der Waals surface area (Å²) in [6.45, 7) is 0.244. The lowest BCUT2D eigenvalue weighted by molar-refractivity contribution is 0.0963. The van der Waals surface area contributed by atoms with Crippen molar-refractivity contribution in [3.63, 3.8) is 0 Å². The second kappa shape index (κ2) is 6.85. The molecule has 7 heteroatoms. The predicted octanol–water partition coefficient (Wildman–Crippen LogP) is 3.09. The number of nitrogens with one attached hydrogen (secondary N) is 1. The van der Waals surface area contributed by atoms with Crippen LogP contribution in [0.4, 0.5) is 0 Å². The molecule has 27 heavy (non-hydrogen) atoms. The highest BCUT2D eigenvalue weighted by molar-refractivity contribution is 7.22. The van der Waals surface area contributed by atoms with E-state index in [2.05, 4.69) is 10.3 Å². The highest BCUT2D eigenvalue weighted by atomic mass is 32.1. The van der Waals surface area contributed by atoms with Gasteiger partial charge in [-0.05, 0) is 23.8 Å². The Morgan fingerprint density at radius 3 is 2.70 bits per heavy atom. The van der Waals surface area contributed by atoms with E-state index >= 15 is 0 Å². The van der Waals surface area contributed by atoms with Gasteiger partial charge in [0.2, 0.25) is 0 Å². The Hall–Kier alpha value is -3.19. The van der Waals surface area contributed by atoms with Gasteiger partial charge >= 0.3 is 0 Å². The van der Waals surface area contributed by atoms with Crippen molar-refractivity contribution < 1.29 is 9.53 Å². The van der Waals surface area contributed by atoms with Crippen molar-refractivity contribution in [3.8, 4) is 5.75 Å². The molecule has 0 radical (unpaired) electrons. The van der Waals surface area contributed by atoms with Crippen LogP contribution in [0.25, 0.3) is 21.0 Å². The number of hydrogen-bond acceptors (Lipinski definition) is 5. The monoisotopic (exact) mass is 379 g/mol. The Kier molecular flexibility index (Phi) is 4.37. The number of thiophene rings is 1. The molecule has 0 spiro atoms. The van der Waals surface area contributed by atoms with E-state index in [0.29, 0.717) is 16.0 Å². The van der Waals surface area contributed by atoms with Crippen LogP contribution in [0.5, 0.6) is 5.75 Å². The number of ether oxygens (including phenoxy) is 1. The van der Waals surface area contributed by atoms with Gasteiger partial charge in [0.25, 0.3) is 11.5 Å². The summed E-state index contributed by atoms with van der Waals surface area (Å²) in [5.41, 5.74) is 1.55. The van der Waals surface area contributed by atoms with Gasteiger partial charge in [-0.1, -0.05) is 18.2 Å². The smallest absolute Gasteiger partial charge is 0.264 e. The van der Waals surface area contributed by atoms with Crippen LogP contribution in [0.2, 0.25) is 0 Å². The van der Waals surface area contributed by atoms with E-state index in [1.54, 1.807) is 31.1 Å². The van der Waals surface area contributed by atoms with Crippen LogP contribution in [0, 0.1) is 0 Å². The molecule has 4 rings (SSSR count). The van der Waals surface area contributed by atoms with E-state index in [0.717, 1.165) is 21.2 Å². The van der Waals surface area contributed by atoms with Crippen LogP contribution in [0.1, 0.15) is 15.2 Å². The fraction of sp³-hybridized carbons (Fsp3) is 0.150. The zero-order chi connectivity index (χ0) is 19.0. The molecule has 3 aromatic heterocycles. The Bertz CT molecular complexity index is 1210. The van der Waals surface area contributed by atoms with Gasteiger partial charge in [0.1, 0.15) is 16.9 Å². The van der Waals surface area contributed by atoms with Crippen molar-refractivity contribution in [2.24, 2.45) is 7.05 Å². The van der Waals surface area contributed by atoms with Crippen molar-refractivity contribution in [1.29, 1.82) is 0 Å². The molecule has 1 aromatic carbocycles. The minimum atomic E-state index is -0.271. The van der Waals surface area contributed by atoms with Crippen molar-refractivity contribution >= 4 is 38.2 Å². The fourth-order valence-electron chi connectivity index (χ4n) is 3.07. The van der Waals surface area contributed by atoms with Crippen LogP contribution in [0.15, 0.2) is 53.6 Å². The van der Waals surface area contributed by atoms with Crippen LogP contribution in [-0.4, -0.2) is 22.5 Å². The molecule has 0 aliphatic carbocycles. The van der Waals surface area contributed by atoms with Gasteiger partial charge in [0.15, 0.2) is 5.75 Å². The molecule has 0 fully saturated rings. The number of pyridine rings is 2. The molecule has 0 unspecified atom stereocenters. The maximum atomic E-state index is 13.0. The van der Waals surface area contributed by atoms with Gasteiger partial charge in [0, 0.05) is 31.9 Å². The Morgan fingerprint density at radius 1 is 1.22 bits per heavy atom. The number of amides is 1. The number of aromatic nitrogens is 2. The summed E-state index contributed by atoms with van der Waals surface area (Å²) < 4.78 is 8.35. The SMILES string of the molecule is CNC(=O)c1sc2c(c1OCc1ccncc1)c(=O)n(C)c1ccccc21. The summed E-state index contributed by atoms with van der Waals surface area (Å²) in [5.74, 6) is 0.0598. The van der Waals surface area contributed by atoms with Gasteiger partial charge in [-0.3, -0.25) is 14.6 Å². The van der Waals surface area contributed by atoms with Crippen LogP contribution in [-0.2, 0) is 13.7 Å². The molecule has 136 valence electrons. The first kappa shape index (κ1) is 17.2. The zero-order valence-electron chi connectivity index (χ0n) is 14.9. The van der Waals surface area contributed by atoms with E-state index in [1.807, 2.05) is 36.4 Å². The van der Waals surface area contributed by atoms with Crippen molar-refractivity contribution in [2.75, 3.05) is 7.05 Å². The van der Waals surface area contributed by atoms with Gasteiger partial charge in [0.05, 0.1) is 10.2 Å². The number of carbonyl (C=O) groups is 1. The summed E-state index contributed by atoms with van der Waals surface area (Å²) in [5, 5.41) is 3.99. The first-order valence-electron chi connectivity index (χ1n) is 8.40. The molecule has 0 bridgehead atoms. The third-order valence-electron chi connectivity index (χ3n) is 4.46. The number of rotatable bonds is 4. The van der Waals surface area contributed by atoms with E-state index in [9.17, 15) is 9.59 Å². The summed E-state index contributed by atoms with van der Waals surface area (Å²) in [6.07, 6.45) is 3.35. The van der Waals surface area contributed by atoms with Crippen molar-refractivity contribution in [1.82, 2.24) is 14.9 Å². The molecule has 0 saturated heterocycles. The Labute approximate surface area is 159 Å². The van der Waals surface area contributed by atoms with Crippen LogP contribution in [0.3, 0.4) is 0 Å². The standard InChI is InChI=1S/C20H17N3O3S/c1-21-19(24)18-16(26-11-12-7-9-22-10-8-12)15-17(27-18)13-5-3-4-6-14(13)23(2)20(15)25/h3-10H,11H2,1-2H3,(H,21,24). The number of benzene rings is 1. The molecule has 0 saturated carbocycles. The average molecular weight is 379 g/mol. The third kappa shape index (κ3) is 2.86. The second-order valence-electron chi connectivity index (χ2n) is 6.07. The number of aryl methyl sites for hydroxylation is 1. The van der Waals surface area contributed by atoms with Crippen molar-refractivity contribution in [3.05, 3.63) is 69.6 Å². The molecule has 0 atom stereocenters. The maximum Gasteiger partial charge on any atom is 0.264 e. The molecule has 0 aliphatic heterocycles. The molecular weight excluding hydrogens is 362 g/mol. The molecule has 1 amide bonds. The topological polar surface area (TPSA) is 73.2 Å². The van der Waals surface area contributed by atoms with Crippen molar-refractivity contribution in [2.45, 2.75) is 6.61 Å². The average Bonchev–Trinajstić information content (AvgIpc) is 3.10. The second-order valence-corrected chi connectivity index (χ2v) is 7.09. The highest BCUT2D eigenvalue weighted by Crippen LogP contribution is 2.39. The van der Waals surface area contributed by atoms with E-state index in [1.165, 1.54) is 11.3 Å². The number of para-hydroxylation sites is 1. The van der Waals surface area contributed by atoms with E-state index < -0.39 is 0 Å². The lowest BCUT2D eigenvalue weighted by Gasteiger charge is -2.09. The number of nitrogens with zero attached hydrogens (tertiary/aromatic N) is 2. The zero-order valence-corrected chi connectivity index (χ0v) is 15.7. The number of fused-ring (bicyclic) bond motifs is 3. The lowest BCUT2D eigenvalue weighted by atomic mass is 10.1. The number of carbonyl (C=O) groups excluding carboxylic acids is 1. The number of hydrogen-bond donors (Lipinski definition) is 1. The quantitative estimate of drug-likeness (QED) is 0.591. The highest BCUT2D eigenvalue weighted by Gasteiger charge is 2.24. The first-order chi connectivity index (χ1) is 13.1. The first-order valence-corrected chi connectivity index (χ1v) is 9.21. The summed E-state index contributed by atoms with van der Waals surface area (Å²) in [4.78, 5) is 29.9. The normalized spacial score (nSPS) is 11.0. The summed E-state index contributed by atoms with van der Waals surface area (Å²) in [6, 6.07) is 11.3. The summed E-state index contributed by atoms with van der Waals surface area (Å²) in [7, 11) is 3.30. The molecular formula is C20H17N3O3S. The van der Waals surface area contributed by atoms with Gasteiger partial charge < -0.3 is 14.6 Å². The fourth-order valence-corrected chi connectivity index (χ4v) is 4.29. The van der Waals surface area contributed by atoms with Crippen LogP contribution >= 0.6 is 11.3 Å². The van der Waals surface area contributed by atoms with Gasteiger partial charge in [-0.2, -0.15) is 0 Å². The Morgan fingerprint density at radius 2 is 1.96 bits per heavy atom. The minimum absolute atomic E-state index is 0.181. The van der Waals surface area contributed by atoms with E-state index in [-0.39, 0.29) is 18.1 Å². The third-order valence-corrected chi connectivity index (χ3v) is 5.66. The largest absolute Gasteiger partial charge is 0.486 e. The lowest BCUT2D eigenvalue weighted by Crippen LogP contribution is -2.19. The minimum Gasteiger partial charge on any atom is -0.486 e. The van der Waals surface area contributed by atoms with E-state index in [4.69, 9.17) is 4.74 Å². The predicted molar refractivity (Wildman–Crippen MR) is 107 cm³/mol. The van der Waals surface area contributed by atoms with Crippen LogP contribution < -0.4 is 15.6 Å². The molecule has 4 aromatic rings. The summed E-state index contributed by atoms with van der Waals surface area (Å²) >= 11 is 1.28. The Balaban J connectivity index is 1.97.